The van der Waals surface area contributed by atoms with Crippen molar-refractivity contribution in [2.75, 3.05) is 26.8 Å². The number of thiazole rings is 1. The van der Waals surface area contributed by atoms with E-state index in [4.69, 9.17) is 4.74 Å². The summed E-state index contributed by atoms with van der Waals surface area (Å²) in [5, 5.41) is 9.57. The molecule has 1 aromatic heterocycles. The van der Waals surface area contributed by atoms with E-state index < -0.39 is 0 Å². The Bertz CT molecular complexity index is 395. The van der Waals surface area contributed by atoms with Crippen LogP contribution in [-0.2, 0) is 11.3 Å². The molecule has 0 aromatic carbocycles. The molecule has 2 N–H and O–H groups in total. The molecule has 0 aliphatic carbocycles. The van der Waals surface area contributed by atoms with Crippen LogP contribution in [0.15, 0.2) is 10.4 Å². The van der Waals surface area contributed by atoms with Crippen molar-refractivity contribution in [1.82, 2.24) is 15.6 Å². The van der Waals surface area contributed by atoms with Crippen LogP contribution in [0.2, 0.25) is 0 Å². The van der Waals surface area contributed by atoms with Crippen molar-refractivity contribution in [1.29, 1.82) is 0 Å². The second-order valence-electron chi connectivity index (χ2n) is 4.44. The lowest BCUT2D eigenvalue weighted by Crippen LogP contribution is -2.38. The third kappa shape index (κ3) is 7.39. The van der Waals surface area contributed by atoms with Crippen LogP contribution >= 0.6 is 35.3 Å². The Labute approximate surface area is 142 Å². The van der Waals surface area contributed by atoms with Gasteiger partial charge in [-0.1, -0.05) is 13.8 Å². The van der Waals surface area contributed by atoms with Crippen LogP contribution in [0, 0.1) is 0 Å². The lowest BCUT2D eigenvalue weighted by molar-refractivity contribution is 0.203. The fraction of sp³-hybridized carbons (Fsp3) is 0.692. The average molecular weight is 412 g/mol. The highest BCUT2D eigenvalue weighted by Crippen LogP contribution is 2.18. The topological polar surface area (TPSA) is 58.5 Å². The Morgan fingerprint density at radius 2 is 2.20 bits per heavy atom. The Hall–Kier alpha value is -0.410. The Morgan fingerprint density at radius 3 is 2.75 bits per heavy atom. The first-order valence-electron chi connectivity index (χ1n) is 6.62. The molecule has 0 aliphatic heterocycles. The third-order valence-corrected chi connectivity index (χ3v) is 3.33. The molecule has 0 aliphatic rings. The summed E-state index contributed by atoms with van der Waals surface area (Å²) in [7, 11) is 1.69. The van der Waals surface area contributed by atoms with Crippen molar-refractivity contribution in [3.8, 4) is 0 Å². The number of halogens is 1. The number of ether oxygens (including phenoxy) is 1. The maximum absolute atomic E-state index is 5.01. The molecule has 1 heterocycles. The van der Waals surface area contributed by atoms with E-state index in [1.165, 1.54) is 0 Å². The molecule has 0 fully saturated rings. The maximum atomic E-state index is 5.01. The van der Waals surface area contributed by atoms with Crippen molar-refractivity contribution in [3.63, 3.8) is 0 Å². The monoisotopic (exact) mass is 412 g/mol. The molecular weight excluding hydrogens is 387 g/mol. The van der Waals surface area contributed by atoms with Gasteiger partial charge in [-0.05, 0) is 12.8 Å². The van der Waals surface area contributed by atoms with Gasteiger partial charge in [0.05, 0.1) is 18.8 Å². The normalized spacial score (nSPS) is 11.3. The molecule has 0 saturated heterocycles. The molecule has 0 atom stereocenters. The standard InChI is InChI=1S/C13H24N4OS.HI/c1-5-14-13(15-6-7-18-4)16-8-12-17-11(9-19-12)10(2)3;/h9-10H,5-8H2,1-4H3,(H2,14,15,16);1H. The predicted molar refractivity (Wildman–Crippen MR) is 96.3 cm³/mol. The molecule has 20 heavy (non-hydrogen) atoms. The van der Waals surface area contributed by atoms with E-state index in [9.17, 15) is 0 Å². The third-order valence-electron chi connectivity index (χ3n) is 2.48. The van der Waals surface area contributed by atoms with Crippen LogP contribution in [0.25, 0.3) is 0 Å². The van der Waals surface area contributed by atoms with Gasteiger partial charge in [0.1, 0.15) is 5.01 Å². The van der Waals surface area contributed by atoms with E-state index >= 15 is 0 Å². The highest BCUT2D eigenvalue weighted by molar-refractivity contribution is 14.0. The number of guanidine groups is 1. The molecular formula is C13H25IN4OS. The summed E-state index contributed by atoms with van der Waals surface area (Å²) in [6.07, 6.45) is 0. The average Bonchev–Trinajstić information content (AvgIpc) is 2.85. The van der Waals surface area contributed by atoms with Gasteiger partial charge in [-0.25, -0.2) is 9.98 Å². The van der Waals surface area contributed by atoms with Gasteiger partial charge in [0.2, 0.25) is 0 Å². The molecule has 7 heteroatoms. The SMILES string of the molecule is CCNC(=NCc1nc(C(C)C)cs1)NCCOC.I. The number of methoxy groups -OCH3 is 1. The Morgan fingerprint density at radius 1 is 1.45 bits per heavy atom. The van der Waals surface area contributed by atoms with E-state index in [-0.39, 0.29) is 24.0 Å². The highest BCUT2D eigenvalue weighted by atomic mass is 127. The zero-order valence-electron chi connectivity index (χ0n) is 12.6. The lowest BCUT2D eigenvalue weighted by atomic mass is 10.2. The zero-order chi connectivity index (χ0) is 14.1. The number of hydrogen-bond donors (Lipinski definition) is 2. The minimum Gasteiger partial charge on any atom is -0.383 e. The molecule has 0 unspecified atom stereocenters. The van der Waals surface area contributed by atoms with Crippen molar-refractivity contribution in [2.45, 2.75) is 33.2 Å². The van der Waals surface area contributed by atoms with E-state index in [1.54, 1.807) is 18.4 Å². The maximum Gasteiger partial charge on any atom is 0.191 e. The van der Waals surface area contributed by atoms with Gasteiger partial charge in [0, 0.05) is 25.6 Å². The molecule has 0 spiro atoms. The largest absolute Gasteiger partial charge is 0.383 e. The van der Waals surface area contributed by atoms with Crippen LogP contribution in [0.1, 0.15) is 37.4 Å². The summed E-state index contributed by atoms with van der Waals surface area (Å²) in [6, 6.07) is 0. The molecule has 1 aromatic rings. The van der Waals surface area contributed by atoms with Crippen molar-refractivity contribution < 1.29 is 4.74 Å². The summed E-state index contributed by atoms with van der Waals surface area (Å²) < 4.78 is 5.01. The van der Waals surface area contributed by atoms with E-state index in [1.807, 2.05) is 6.92 Å². The quantitative estimate of drug-likeness (QED) is 0.313. The number of aliphatic imine (C=N–C) groups is 1. The summed E-state index contributed by atoms with van der Waals surface area (Å²) >= 11 is 1.67. The first-order chi connectivity index (χ1) is 9.17. The molecule has 0 bridgehead atoms. The van der Waals surface area contributed by atoms with Crippen molar-refractivity contribution in [3.05, 3.63) is 16.1 Å². The van der Waals surface area contributed by atoms with Gasteiger partial charge in [0.25, 0.3) is 0 Å². The fourth-order valence-electron chi connectivity index (χ4n) is 1.42. The van der Waals surface area contributed by atoms with E-state index in [0.717, 1.165) is 29.8 Å². The van der Waals surface area contributed by atoms with Gasteiger partial charge in [-0.2, -0.15) is 0 Å². The van der Waals surface area contributed by atoms with E-state index in [2.05, 4.69) is 39.8 Å². The van der Waals surface area contributed by atoms with Crippen LogP contribution < -0.4 is 10.6 Å². The first-order valence-corrected chi connectivity index (χ1v) is 7.50. The van der Waals surface area contributed by atoms with Gasteiger partial charge in [-0.3, -0.25) is 0 Å². The van der Waals surface area contributed by atoms with E-state index in [0.29, 0.717) is 19.1 Å². The molecule has 0 radical (unpaired) electrons. The molecule has 1 rings (SSSR count). The Kier molecular flexibility index (Phi) is 11.0. The second-order valence-corrected chi connectivity index (χ2v) is 5.38. The highest BCUT2D eigenvalue weighted by Gasteiger charge is 2.05. The molecule has 0 amide bonds. The summed E-state index contributed by atoms with van der Waals surface area (Å²) in [5.41, 5.74) is 1.15. The predicted octanol–water partition coefficient (Wildman–Crippen LogP) is 2.59. The van der Waals surface area contributed by atoms with Crippen LogP contribution in [-0.4, -0.2) is 37.7 Å². The van der Waals surface area contributed by atoms with Gasteiger partial charge in [0.15, 0.2) is 5.96 Å². The first kappa shape index (κ1) is 19.6. The molecule has 116 valence electrons. The summed E-state index contributed by atoms with van der Waals surface area (Å²) in [5.74, 6) is 1.28. The van der Waals surface area contributed by atoms with Crippen LogP contribution in [0.4, 0.5) is 0 Å². The summed E-state index contributed by atoms with van der Waals surface area (Å²) in [6.45, 7) is 9.22. The van der Waals surface area contributed by atoms with Gasteiger partial charge >= 0.3 is 0 Å². The number of aromatic nitrogens is 1. The summed E-state index contributed by atoms with van der Waals surface area (Å²) in [4.78, 5) is 9.08. The minimum absolute atomic E-state index is 0. The lowest BCUT2D eigenvalue weighted by Gasteiger charge is -2.10. The smallest absolute Gasteiger partial charge is 0.191 e. The number of hydrogen-bond acceptors (Lipinski definition) is 4. The molecule has 5 nitrogen and oxygen atoms in total. The van der Waals surface area contributed by atoms with Crippen molar-refractivity contribution in [2.24, 2.45) is 4.99 Å². The van der Waals surface area contributed by atoms with Gasteiger partial charge < -0.3 is 15.4 Å². The second kappa shape index (κ2) is 11.3. The van der Waals surface area contributed by atoms with Crippen LogP contribution in [0.5, 0.6) is 0 Å². The Balaban J connectivity index is 0.00000361. The number of nitrogens with zero attached hydrogens (tertiary/aromatic N) is 2. The van der Waals surface area contributed by atoms with Crippen molar-refractivity contribution >= 4 is 41.3 Å². The fourth-order valence-corrected chi connectivity index (χ4v) is 2.30. The number of rotatable bonds is 7. The molecule has 0 saturated carbocycles. The number of nitrogens with one attached hydrogen (secondary N) is 2. The van der Waals surface area contributed by atoms with Crippen LogP contribution in [0.3, 0.4) is 0 Å². The minimum atomic E-state index is 0. The van der Waals surface area contributed by atoms with Gasteiger partial charge in [-0.15, -0.1) is 35.3 Å². The zero-order valence-corrected chi connectivity index (χ0v) is 15.7.